The number of ether oxygens (including phenoxy) is 1. The summed E-state index contributed by atoms with van der Waals surface area (Å²) >= 11 is 5.27. The number of nitrogens with zero attached hydrogens (tertiary/aromatic N) is 1. The predicted octanol–water partition coefficient (Wildman–Crippen LogP) is 6.57. The van der Waals surface area contributed by atoms with E-state index in [1.807, 2.05) is 52.6 Å². The highest BCUT2D eigenvalue weighted by molar-refractivity contribution is 9.10. The monoisotopic (exact) mass is 484 g/mol. The highest BCUT2D eigenvalue weighted by Gasteiger charge is 2.35. The summed E-state index contributed by atoms with van der Waals surface area (Å²) in [6.45, 7) is 5.10. The molecule has 4 rings (SSSR count). The van der Waals surface area contributed by atoms with E-state index in [9.17, 15) is 4.79 Å². The van der Waals surface area contributed by atoms with Crippen LogP contribution in [0.1, 0.15) is 39.4 Å². The summed E-state index contributed by atoms with van der Waals surface area (Å²) in [6, 6.07) is 15.6. The molecule has 0 fully saturated rings. The molecule has 1 aliphatic rings. The van der Waals surface area contributed by atoms with Crippen LogP contribution in [0.15, 0.2) is 53.0 Å². The topological polar surface area (TPSA) is 41.6 Å². The summed E-state index contributed by atoms with van der Waals surface area (Å²) in [6.07, 6.45) is 1.92. The summed E-state index contributed by atoms with van der Waals surface area (Å²) in [5.74, 6) is 0.817. The fraction of sp³-hybridized carbons (Fsp3) is 0.292. The molecule has 0 radical (unpaired) electrons. The molecule has 1 atom stereocenters. The molecule has 2 amide bonds. The van der Waals surface area contributed by atoms with Crippen molar-refractivity contribution in [3.63, 3.8) is 0 Å². The first-order valence-electron chi connectivity index (χ1n) is 10.1. The minimum atomic E-state index is -0.0981. The van der Waals surface area contributed by atoms with Crippen molar-refractivity contribution in [1.29, 1.82) is 0 Å². The number of thiophene rings is 1. The molecule has 4 nitrogen and oxygen atoms in total. The van der Waals surface area contributed by atoms with Crippen LogP contribution in [-0.2, 0) is 12.8 Å². The molecule has 0 aliphatic carbocycles. The maximum absolute atomic E-state index is 13.3. The van der Waals surface area contributed by atoms with Crippen LogP contribution >= 0.6 is 27.3 Å². The van der Waals surface area contributed by atoms with Crippen molar-refractivity contribution < 1.29 is 9.53 Å². The zero-order valence-corrected chi connectivity index (χ0v) is 19.8. The van der Waals surface area contributed by atoms with Gasteiger partial charge in [-0.3, -0.25) is 0 Å². The van der Waals surface area contributed by atoms with Gasteiger partial charge >= 0.3 is 6.03 Å². The molecule has 156 valence electrons. The largest absolute Gasteiger partial charge is 0.497 e. The Hall–Kier alpha value is -2.31. The Morgan fingerprint density at radius 3 is 2.53 bits per heavy atom. The number of fused-ring (bicyclic) bond motifs is 1. The number of amides is 2. The van der Waals surface area contributed by atoms with E-state index in [1.165, 1.54) is 20.9 Å². The van der Waals surface area contributed by atoms with Crippen LogP contribution in [0.2, 0.25) is 0 Å². The van der Waals surface area contributed by atoms with Crippen molar-refractivity contribution in [2.75, 3.05) is 19.0 Å². The third kappa shape index (κ3) is 3.98. The number of carbonyl (C=O) groups is 1. The molecule has 1 N–H and O–H groups in total. The van der Waals surface area contributed by atoms with Gasteiger partial charge in [-0.15, -0.1) is 11.3 Å². The Balaban J connectivity index is 1.72. The predicted molar refractivity (Wildman–Crippen MR) is 127 cm³/mol. The molecule has 1 aliphatic heterocycles. The van der Waals surface area contributed by atoms with E-state index in [0.29, 0.717) is 6.54 Å². The van der Waals surface area contributed by atoms with E-state index in [-0.39, 0.29) is 12.1 Å². The molecule has 0 bridgehead atoms. The Labute approximate surface area is 190 Å². The number of benzene rings is 2. The van der Waals surface area contributed by atoms with Crippen molar-refractivity contribution in [3.8, 4) is 5.75 Å². The first kappa shape index (κ1) is 20.9. The van der Waals surface area contributed by atoms with Crippen molar-refractivity contribution >= 4 is 39.0 Å². The van der Waals surface area contributed by atoms with E-state index >= 15 is 0 Å². The van der Waals surface area contributed by atoms with Crippen molar-refractivity contribution in [1.82, 2.24) is 4.90 Å². The van der Waals surface area contributed by atoms with Crippen LogP contribution in [0.25, 0.3) is 0 Å². The summed E-state index contributed by atoms with van der Waals surface area (Å²) in [5, 5.41) is 3.07. The first-order chi connectivity index (χ1) is 14.5. The third-order valence-corrected chi connectivity index (χ3v) is 7.42. The Morgan fingerprint density at radius 2 is 1.90 bits per heavy atom. The smallest absolute Gasteiger partial charge is 0.322 e. The molecule has 0 saturated heterocycles. The zero-order chi connectivity index (χ0) is 21.3. The summed E-state index contributed by atoms with van der Waals surface area (Å²) in [7, 11) is 1.67. The number of nitrogens with one attached hydrogen (secondary N) is 1. The zero-order valence-electron chi connectivity index (χ0n) is 17.4. The number of aryl methyl sites for hydroxylation is 1. The Bertz CT molecular complexity index is 1040. The van der Waals surface area contributed by atoms with E-state index in [4.69, 9.17) is 4.74 Å². The van der Waals surface area contributed by atoms with E-state index in [2.05, 4.69) is 47.2 Å². The molecule has 6 heteroatoms. The van der Waals surface area contributed by atoms with Crippen molar-refractivity contribution in [2.45, 2.75) is 32.7 Å². The molecule has 2 aromatic carbocycles. The lowest BCUT2D eigenvalue weighted by molar-refractivity contribution is 0.195. The molecule has 0 unspecified atom stereocenters. The lowest BCUT2D eigenvalue weighted by atomic mass is 9.92. The van der Waals surface area contributed by atoms with Gasteiger partial charge in [0.25, 0.3) is 0 Å². The molecule has 3 aromatic rings. The number of anilines is 1. The molecular weight excluding hydrogens is 460 g/mol. The number of hydrogen-bond donors (Lipinski definition) is 1. The quantitative estimate of drug-likeness (QED) is 0.454. The van der Waals surface area contributed by atoms with Gasteiger partial charge in [0.05, 0.1) is 13.2 Å². The molecule has 2 heterocycles. The average molecular weight is 485 g/mol. The number of carbonyl (C=O) groups excluding carboxylic acids is 1. The number of rotatable bonds is 4. The molecule has 1 aromatic heterocycles. The first-order valence-corrected chi connectivity index (χ1v) is 11.7. The van der Waals surface area contributed by atoms with Crippen molar-refractivity contribution in [3.05, 3.63) is 79.4 Å². The lowest BCUT2D eigenvalue weighted by Gasteiger charge is -2.36. The van der Waals surface area contributed by atoms with Crippen LogP contribution in [0.5, 0.6) is 5.75 Å². The number of halogens is 1. The maximum atomic E-state index is 13.3. The molecule has 0 saturated carbocycles. The lowest BCUT2D eigenvalue weighted by Crippen LogP contribution is -2.42. The van der Waals surface area contributed by atoms with Gasteiger partial charge in [-0.1, -0.05) is 35.0 Å². The van der Waals surface area contributed by atoms with Gasteiger partial charge in [0, 0.05) is 26.5 Å². The van der Waals surface area contributed by atoms with Gasteiger partial charge < -0.3 is 15.0 Å². The van der Waals surface area contributed by atoms with E-state index < -0.39 is 0 Å². The van der Waals surface area contributed by atoms with Crippen LogP contribution in [0.3, 0.4) is 0 Å². The Kier molecular flexibility index (Phi) is 6.16. The van der Waals surface area contributed by atoms with Crippen LogP contribution in [0, 0.1) is 6.92 Å². The second-order valence-electron chi connectivity index (χ2n) is 7.39. The molecule has 30 heavy (non-hydrogen) atoms. The Morgan fingerprint density at radius 1 is 1.20 bits per heavy atom. The number of methoxy groups -OCH3 is 1. The fourth-order valence-corrected chi connectivity index (χ4v) is 5.88. The van der Waals surface area contributed by atoms with Crippen LogP contribution in [-0.4, -0.2) is 24.6 Å². The van der Waals surface area contributed by atoms with E-state index in [0.717, 1.165) is 34.3 Å². The third-order valence-electron chi connectivity index (χ3n) is 5.65. The van der Waals surface area contributed by atoms with Gasteiger partial charge in [0.15, 0.2) is 0 Å². The summed E-state index contributed by atoms with van der Waals surface area (Å²) in [5.41, 5.74) is 4.76. The normalized spacial score (nSPS) is 15.6. The fourth-order valence-electron chi connectivity index (χ4n) is 4.17. The van der Waals surface area contributed by atoms with E-state index in [1.54, 1.807) is 7.11 Å². The minimum Gasteiger partial charge on any atom is -0.497 e. The number of urea groups is 1. The minimum absolute atomic E-state index is 0.0760. The van der Waals surface area contributed by atoms with Gasteiger partial charge in [-0.05, 0) is 72.9 Å². The summed E-state index contributed by atoms with van der Waals surface area (Å²) in [4.78, 5) is 17.9. The van der Waals surface area contributed by atoms with Crippen LogP contribution in [0.4, 0.5) is 10.5 Å². The van der Waals surface area contributed by atoms with Crippen molar-refractivity contribution in [2.24, 2.45) is 0 Å². The SMILES string of the molecule is CCc1c(C)sc2c1CCN(C(=O)Nc1ccc(Br)cc1)[C@@H]2c1ccc(OC)cc1. The van der Waals surface area contributed by atoms with Gasteiger partial charge in [-0.25, -0.2) is 4.79 Å². The molecule has 0 spiro atoms. The molecular formula is C24H25BrN2O2S. The second kappa shape index (κ2) is 8.82. The van der Waals surface area contributed by atoms with Gasteiger partial charge in [0.2, 0.25) is 0 Å². The maximum Gasteiger partial charge on any atom is 0.322 e. The van der Waals surface area contributed by atoms with Gasteiger partial charge in [-0.2, -0.15) is 0 Å². The highest BCUT2D eigenvalue weighted by atomic mass is 79.9. The summed E-state index contributed by atoms with van der Waals surface area (Å²) < 4.78 is 6.32. The number of hydrogen-bond acceptors (Lipinski definition) is 3. The average Bonchev–Trinajstić information content (AvgIpc) is 3.09. The van der Waals surface area contributed by atoms with Gasteiger partial charge in [0.1, 0.15) is 5.75 Å². The van der Waals surface area contributed by atoms with Crippen LogP contribution < -0.4 is 10.1 Å². The standard InChI is InChI=1S/C24H25BrN2O2S/c1-4-20-15(2)30-23-21(20)13-14-27(22(23)16-5-11-19(29-3)12-6-16)24(28)26-18-9-7-17(25)8-10-18/h5-12,22H,4,13-14H2,1-3H3,(H,26,28)/t22-/m1/s1. The second-order valence-corrected chi connectivity index (χ2v) is 9.56. The highest BCUT2D eigenvalue weighted by Crippen LogP contribution is 2.43.